The van der Waals surface area contributed by atoms with Crippen LogP contribution < -0.4 is 20.7 Å². The Balaban J connectivity index is 1.65. The van der Waals surface area contributed by atoms with E-state index >= 15 is 0 Å². The van der Waals surface area contributed by atoms with Crippen molar-refractivity contribution < 1.29 is 18.7 Å². The quantitative estimate of drug-likeness (QED) is 0.549. The molecule has 0 radical (unpaired) electrons. The van der Waals surface area contributed by atoms with E-state index < -0.39 is 0 Å². The molecule has 3 N–H and O–H groups in total. The van der Waals surface area contributed by atoms with Crippen molar-refractivity contribution in [1.29, 1.82) is 0 Å². The maximum absolute atomic E-state index is 12.4. The largest absolute Gasteiger partial charge is 0.491 e. The summed E-state index contributed by atoms with van der Waals surface area (Å²) in [5.41, 5.74) is 2.04. The van der Waals surface area contributed by atoms with Gasteiger partial charge < -0.3 is 14.5 Å². The van der Waals surface area contributed by atoms with Crippen molar-refractivity contribution in [3.05, 3.63) is 48.0 Å². The Morgan fingerprint density at radius 1 is 1.14 bits per heavy atom. The van der Waals surface area contributed by atoms with Gasteiger partial charge >= 0.3 is 6.01 Å². The lowest BCUT2D eigenvalue weighted by atomic mass is 10.2. The molecule has 29 heavy (non-hydrogen) atoms. The number of rotatable bonds is 5. The Hall–Kier alpha value is -3.46. The van der Waals surface area contributed by atoms with Crippen LogP contribution in [0.1, 0.15) is 31.1 Å². The molecule has 1 aromatic heterocycles. The minimum atomic E-state index is -0.388. The van der Waals surface area contributed by atoms with Gasteiger partial charge in [-0.25, -0.2) is 0 Å². The highest BCUT2D eigenvalue weighted by molar-refractivity contribution is 7.80. The van der Waals surface area contributed by atoms with Crippen LogP contribution in [-0.4, -0.2) is 28.0 Å². The van der Waals surface area contributed by atoms with Gasteiger partial charge in [0, 0.05) is 24.2 Å². The van der Waals surface area contributed by atoms with Crippen LogP contribution in [0.25, 0.3) is 11.1 Å². The monoisotopic (exact) mass is 412 g/mol. The molecule has 0 saturated heterocycles. The lowest BCUT2D eigenvalue weighted by Crippen LogP contribution is -2.34. The van der Waals surface area contributed by atoms with Crippen LogP contribution in [0.5, 0.6) is 5.75 Å². The molecule has 8 nitrogen and oxygen atoms in total. The minimum absolute atomic E-state index is 0.00127. The normalized spacial score (nSPS) is 10.6. The Morgan fingerprint density at radius 2 is 1.93 bits per heavy atom. The molecule has 0 saturated carbocycles. The number of aromatic nitrogens is 1. The van der Waals surface area contributed by atoms with Gasteiger partial charge in [0.25, 0.3) is 5.91 Å². The molecule has 0 aliphatic carbocycles. The van der Waals surface area contributed by atoms with E-state index in [1.807, 2.05) is 13.8 Å². The smallest absolute Gasteiger partial charge is 0.302 e. The number of oxazole rings is 1. The number of ether oxygens (including phenoxy) is 1. The predicted octanol–water partition coefficient (Wildman–Crippen LogP) is 3.70. The SMILES string of the molecule is CC(=O)Nc1ccc2nc(NC(=S)NC(=O)c3cccc(OC(C)C)c3)oc2c1. The van der Waals surface area contributed by atoms with Crippen molar-refractivity contribution in [2.45, 2.75) is 26.9 Å². The summed E-state index contributed by atoms with van der Waals surface area (Å²) in [4.78, 5) is 27.8. The fraction of sp³-hybridized carbons (Fsp3) is 0.200. The molecule has 0 spiro atoms. The number of benzene rings is 2. The zero-order valence-electron chi connectivity index (χ0n) is 16.1. The van der Waals surface area contributed by atoms with Crippen LogP contribution in [0, 0.1) is 0 Å². The van der Waals surface area contributed by atoms with Crippen molar-refractivity contribution in [1.82, 2.24) is 10.3 Å². The van der Waals surface area contributed by atoms with Crippen LogP contribution in [-0.2, 0) is 4.79 Å². The second kappa shape index (κ2) is 8.70. The molecule has 0 fully saturated rings. The van der Waals surface area contributed by atoms with Crippen LogP contribution in [0.4, 0.5) is 11.7 Å². The summed E-state index contributed by atoms with van der Waals surface area (Å²) in [6, 6.07) is 12.0. The van der Waals surface area contributed by atoms with Gasteiger partial charge in [-0.15, -0.1) is 0 Å². The molecule has 0 bridgehead atoms. The number of anilines is 2. The number of nitrogens with zero attached hydrogens (tertiary/aromatic N) is 1. The zero-order chi connectivity index (χ0) is 21.0. The maximum atomic E-state index is 12.4. The number of hydrogen-bond acceptors (Lipinski definition) is 6. The van der Waals surface area contributed by atoms with Gasteiger partial charge in [0.2, 0.25) is 5.91 Å². The summed E-state index contributed by atoms with van der Waals surface area (Å²) in [6.45, 7) is 5.24. The van der Waals surface area contributed by atoms with E-state index in [1.54, 1.807) is 42.5 Å². The van der Waals surface area contributed by atoms with Crippen LogP contribution in [0.15, 0.2) is 46.9 Å². The second-order valence-corrected chi connectivity index (χ2v) is 6.89. The van der Waals surface area contributed by atoms with Crippen molar-refractivity contribution in [3.8, 4) is 5.75 Å². The number of carbonyl (C=O) groups is 2. The highest BCUT2D eigenvalue weighted by Gasteiger charge is 2.12. The van der Waals surface area contributed by atoms with Gasteiger partial charge in [-0.3, -0.25) is 20.2 Å². The average molecular weight is 412 g/mol. The Kier molecular flexibility index (Phi) is 6.08. The van der Waals surface area contributed by atoms with Gasteiger partial charge in [0.05, 0.1) is 6.10 Å². The Labute approximate surface area is 172 Å². The summed E-state index contributed by atoms with van der Waals surface area (Å²) in [6.07, 6.45) is 0.00127. The van der Waals surface area contributed by atoms with Crippen LogP contribution >= 0.6 is 12.2 Å². The molecule has 3 rings (SSSR count). The zero-order valence-corrected chi connectivity index (χ0v) is 16.9. The third kappa shape index (κ3) is 5.52. The molecule has 0 atom stereocenters. The summed E-state index contributed by atoms with van der Waals surface area (Å²) in [5, 5.41) is 8.03. The van der Waals surface area contributed by atoms with Gasteiger partial charge in [-0.1, -0.05) is 6.07 Å². The van der Waals surface area contributed by atoms with E-state index in [9.17, 15) is 9.59 Å². The number of thiocarbonyl (C=S) groups is 1. The first-order valence-electron chi connectivity index (χ1n) is 8.87. The number of hydrogen-bond donors (Lipinski definition) is 3. The van der Waals surface area contributed by atoms with Crippen molar-refractivity contribution in [2.75, 3.05) is 10.6 Å². The number of fused-ring (bicyclic) bond motifs is 1. The van der Waals surface area contributed by atoms with Crippen molar-refractivity contribution >= 4 is 51.9 Å². The van der Waals surface area contributed by atoms with E-state index in [0.29, 0.717) is 28.1 Å². The first-order valence-corrected chi connectivity index (χ1v) is 9.28. The third-order valence-electron chi connectivity index (χ3n) is 3.62. The molecule has 0 aliphatic rings. The lowest BCUT2D eigenvalue weighted by Gasteiger charge is -2.11. The highest BCUT2D eigenvalue weighted by Crippen LogP contribution is 2.22. The van der Waals surface area contributed by atoms with Gasteiger partial charge in [0.1, 0.15) is 11.3 Å². The molecule has 150 valence electrons. The molecule has 0 unspecified atom stereocenters. The van der Waals surface area contributed by atoms with Crippen molar-refractivity contribution in [2.24, 2.45) is 0 Å². The first-order chi connectivity index (χ1) is 13.8. The summed E-state index contributed by atoms with van der Waals surface area (Å²) in [7, 11) is 0. The minimum Gasteiger partial charge on any atom is -0.491 e. The summed E-state index contributed by atoms with van der Waals surface area (Å²) < 4.78 is 11.2. The topological polar surface area (TPSA) is 105 Å². The molecule has 3 aromatic rings. The van der Waals surface area contributed by atoms with Gasteiger partial charge in [-0.2, -0.15) is 4.98 Å². The molecule has 2 amide bonds. The third-order valence-corrected chi connectivity index (χ3v) is 3.83. The predicted molar refractivity (Wildman–Crippen MR) is 114 cm³/mol. The molecular formula is C20H20N4O4S. The fourth-order valence-electron chi connectivity index (χ4n) is 2.55. The summed E-state index contributed by atoms with van der Waals surface area (Å²) >= 11 is 5.17. The summed E-state index contributed by atoms with van der Waals surface area (Å²) in [5.74, 6) is 0.0233. The number of nitrogens with one attached hydrogen (secondary N) is 3. The van der Waals surface area contributed by atoms with E-state index in [1.165, 1.54) is 6.92 Å². The van der Waals surface area contributed by atoms with E-state index in [0.717, 1.165) is 0 Å². The molecule has 0 aliphatic heterocycles. The van der Waals surface area contributed by atoms with E-state index in [4.69, 9.17) is 21.4 Å². The average Bonchev–Trinajstić information content (AvgIpc) is 3.02. The number of carbonyl (C=O) groups excluding carboxylic acids is 2. The van der Waals surface area contributed by atoms with Crippen LogP contribution in [0.2, 0.25) is 0 Å². The first kappa shape index (κ1) is 20.3. The van der Waals surface area contributed by atoms with Crippen LogP contribution in [0.3, 0.4) is 0 Å². The van der Waals surface area contributed by atoms with Gasteiger partial charge in [-0.05, 0) is 56.4 Å². The Bertz CT molecular complexity index is 1080. The van der Waals surface area contributed by atoms with Gasteiger partial charge in [0.15, 0.2) is 10.7 Å². The maximum Gasteiger partial charge on any atom is 0.302 e. The van der Waals surface area contributed by atoms with Crippen molar-refractivity contribution in [3.63, 3.8) is 0 Å². The Morgan fingerprint density at radius 3 is 2.66 bits per heavy atom. The molecular weight excluding hydrogens is 392 g/mol. The number of amides is 2. The lowest BCUT2D eigenvalue weighted by molar-refractivity contribution is -0.114. The van der Waals surface area contributed by atoms with E-state index in [-0.39, 0.29) is 29.0 Å². The second-order valence-electron chi connectivity index (χ2n) is 6.49. The molecule has 9 heteroatoms. The fourth-order valence-corrected chi connectivity index (χ4v) is 2.73. The standard InChI is InChI=1S/C20H20N4O4S/c1-11(2)27-15-6-4-5-13(9-15)18(26)23-20(29)24-19-22-16-8-7-14(21-12(3)25)10-17(16)28-19/h4-11H,1-3H3,(H,21,25)(H2,22,23,24,26,29). The highest BCUT2D eigenvalue weighted by atomic mass is 32.1. The molecule has 2 aromatic carbocycles. The van der Waals surface area contributed by atoms with E-state index in [2.05, 4.69) is 20.9 Å². The molecule has 1 heterocycles.